The lowest BCUT2D eigenvalue weighted by atomic mass is 9.58. The van der Waals surface area contributed by atoms with Gasteiger partial charge in [-0.2, -0.15) is 0 Å². The van der Waals surface area contributed by atoms with Gasteiger partial charge in [0.2, 0.25) is 11.7 Å². The molecule has 230 valence electrons. The molecule has 4 aliphatic heterocycles. The molecule has 8 atom stereocenters. The molecule has 4 heterocycles. The lowest BCUT2D eigenvalue weighted by molar-refractivity contribution is -0.571. The first-order chi connectivity index (χ1) is 20.6. The van der Waals surface area contributed by atoms with Crippen LogP contribution in [0.5, 0.6) is 0 Å². The summed E-state index contributed by atoms with van der Waals surface area (Å²) in [6.07, 6.45) is 5.21. The van der Waals surface area contributed by atoms with Crippen LogP contribution in [0, 0.1) is 35.3 Å². The Kier molecular flexibility index (Phi) is 8.25. The van der Waals surface area contributed by atoms with E-state index in [-0.39, 0.29) is 42.7 Å². The number of ketones is 1. The molecule has 10 heteroatoms. The van der Waals surface area contributed by atoms with Gasteiger partial charge in [-0.05, 0) is 67.4 Å². The number of carbonyl (C=O) groups excluding carboxylic acids is 2. The van der Waals surface area contributed by atoms with Crippen molar-refractivity contribution in [3.8, 4) is 0 Å². The van der Waals surface area contributed by atoms with Crippen LogP contribution in [0.2, 0.25) is 0 Å². The zero-order valence-electron chi connectivity index (χ0n) is 24.5. The molecule has 1 aliphatic carbocycles. The molecular weight excluding hydrogens is 560 g/mol. The van der Waals surface area contributed by atoms with Crippen LogP contribution in [0.4, 0.5) is 8.78 Å². The average molecular weight is 598 g/mol. The van der Waals surface area contributed by atoms with E-state index in [0.29, 0.717) is 17.0 Å². The minimum atomic E-state index is -0.974. The molecule has 4 saturated heterocycles. The van der Waals surface area contributed by atoms with Gasteiger partial charge in [0.25, 0.3) is 0 Å². The zero-order chi connectivity index (χ0) is 30.4. The molecule has 5 fully saturated rings. The highest BCUT2D eigenvalue weighted by Gasteiger charge is 2.69. The van der Waals surface area contributed by atoms with Crippen molar-refractivity contribution in [2.45, 2.75) is 77.0 Å². The lowest BCUT2D eigenvalue weighted by Crippen LogP contribution is -2.72. The van der Waals surface area contributed by atoms with Crippen LogP contribution >= 0.6 is 0 Å². The number of carbonyl (C=O) groups is 2. The van der Waals surface area contributed by atoms with E-state index in [1.807, 2.05) is 6.92 Å². The van der Waals surface area contributed by atoms with E-state index in [1.54, 1.807) is 24.3 Å². The van der Waals surface area contributed by atoms with Crippen LogP contribution in [0.25, 0.3) is 6.08 Å². The highest BCUT2D eigenvalue weighted by molar-refractivity contribution is 6.06. The second-order valence-electron chi connectivity index (χ2n) is 12.5. The number of hydrogen-bond acceptors (Lipinski definition) is 7. The van der Waals surface area contributed by atoms with E-state index in [0.717, 1.165) is 43.4 Å². The maximum absolute atomic E-state index is 13.4. The summed E-state index contributed by atoms with van der Waals surface area (Å²) in [5.41, 5.74) is 0.908. The first-order valence-corrected chi connectivity index (χ1v) is 14.9. The van der Waals surface area contributed by atoms with Crippen molar-refractivity contribution >= 4 is 17.8 Å². The van der Waals surface area contributed by atoms with Crippen molar-refractivity contribution in [1.82, 2.24) is 5.32 Å². The number of hydrogen-bond donors (Lipinski definition) is 1. The van der Waals surface area contributed by atoms with Gasteiger partial charge in [-0.25, -0.2) is 18.6 Å². The standard InChI is InChI=1S/C33H37F2NO7/c1-19-4-11-25-20(2)30(40-31-33(25)24(19)14-15-32(3,41-31)42-43-33)36-29(38)18-39-17-22-5-9-23(10-6-22)28(37)13-8-21-7-12-26(34)27(35)16-21/h5-10,12-13,16,19-20,24-25,30-31H,4,11,14-15,17-18H2,1-3H3,(H,36,38)/b13-8+/t19-,20-,24+,25+,30-,31-,32-,33-/m1/s1. The fourth-order valence-corrected chi connectivity index (χ4v) is 7.18. The van der Waals surface area contributed by atoms with Crippen molar-refractivity contribution in [3.05, 3.63) is 76.9 Å². The normalized spacial score (nSPS) is 34.9. The van der Waals surface area contributed by atoms with Crippen molar-refractivity contribution in [2.75, 3.05) is 6.61 Å². The number of nitrogens with one attached hydrogen (secondary N) is 1. The van der Waals surface area contributed by atoms with E-state index in [4.69, 9.17) is 24.0 Å². The van der Waals surface area contributed by atoms with Crippen molar-refractivity contribution in [1.29, 1.82) is 0 Å². The molecule has 8 nitrogen and oxygen atoms in total. The Morgan fingerprint density at radius 3 is 2.58 bits per heavy atom. The maximum Gasteiger partial charge on any atom is 0.248 e. The summed E-state index contributed by atoms with van der Waals surface area (Å²) in [6, 6.07) is 10.2. The predicted molar refractivity (Wildman–Crippen MR) is 151 cm³/mol. The fourth-order valence-electron chi connectivity index (χ4n) is 7.18. The molecule has 1 amide bonds. The second kappa shape index (κ2) is 11.8. The van der Waals surface area contributed by atoms with E-state index in [2.05, 4.69) is 19.2 Å². The average Bonchev–Trinajstić information content (AvgIpc) is 3.22. The Balaban J connectivity index is 1.01. The Hall–Kier alpha value is -3.02. The van der Waals surface area contributed by atoms with Crippen LogP contribution < -0.4 is 5.32 Å². The number of amides is 1. The summed E-state index contributed by atoms with van der Waals surface area (Å²) in [4.78, 5) is 37.4. The van der Waals surface area contributed by atoms with Gasteiger partial charge in [0.1, 0.15) is 12.8 Å². The number of benzene rings is 2. The molecule has 1 saturated carbocycles. The van der Waals surface area contributed by atoms with Gasteiger partial charge in [-0.15, -0.1) is 0 Å². The Bertz CT molecular complexity index is 1400. The van der Waals surface area contributed by atoms with Crippen LogP contribution in [-0.4, -0.2) is 42.2 Å². The molecule has 0 unspecified atom stereocenters. The van der Waals surface area contributed by atoms with Gasteiger partial charge >= 0.3 is 0 Å². The van der Waals surface area contributed by atoms with Gasteiger partial charge < -0.3 is 19.5 Å². The van der Waals surface area contributed by atoms with Gasteiger partial charge in [0, 0.05) is 23.8 Å². The summed E-state index contributed by atoms with van der Waals surface area (Å²) in [7, 11) is 0. The molecule has 2 bridgehead atoms. The topological polar surface area (TPSA) is 92.3 Å². The zero-order valence-corrected chi connectivity index (χ0v) is 24.5. The number of halogens is 2. The van der Waals surface area contributed by atoms with E-state index >= 15 is 0 Å². The molecule has 7 rings (SSSR count). The molecular formula is C33H37F2NO7. The summed E-state index contributed by atoms with van der Waals surface area (Å²) < 4.78 is 44.9. The van der Waals surface area contributed by atoms with Gasteiger partial charge in [-0.1, -0.05) is 50.3 Å². The largest absolute Gasteiger partial charge is 0.367 e. The summed E-state index contributed by atoms with van der Waals surface area (Å²) >= 11 is 0. The Morgan fingerprint density at radius 2 is 1.81 bits per heavy atom. The highest BCUT2D eigenvalue weighted by atomic mass is 19.2. The monoisotopic (exact) mass is 597 g/mol. The molecule has 43 heavy (non-hydrogen) atoms. The summed E-state index contributed by atoms with van der Waals surface area (Å²) in [6.45, 7) is 6.22. The van der Waals surface area contributed by atoms with Crippen molar-refractivity contribution in [2.24, 2.45) is 23.7 Å². The van der Waals surface area contributed by atoms with E-state index in [1.165, 1.54) is 18.2 Å². The quantitative estimate of drug-likeness (QED) is 0.237. The van der Waals surface area contributed by atoms with E-state index in [9.17, 15) is 18.4 Å². The highest BCUT2D eigenvalue weighted by Crippen LogP contribution is 2.60. The van der Waals surface area contributed by atoms with Crippen LogP contribution in [-0.2, 0) is 35.4 Å². The third-order valence-corrected chi connectivity index (χ3v) is 9.57. The molecule has 5 aliphatic rings. The van der Waals surface area contributed by atoms with E-state index < -0.39 is 35.5 Å². The number of ether oxygens (including phenoxy) is 3. The number of rotatable bonds is 8. The number of allylic oxidation sites excluding steroid dienone is 1. The molecule has 0 radical (unpaired) electrons. The first-order valence-electron chi connectivity index (χ1n) is 14.9. The SMILES string of the molecule is C[C@H]1[C@H](NC(=O)COCc2ccc(C(=O)/C=C/c3ccc(F)c(F)c3)cc2)O[C@@H]2O[C@@]3(C)CC[C@H]4[C@H](C)CC[C@@H]1[C@@]24OO3. The maximum atomic E-state index is 13.4. The third kappa shape index (κ3) is 5.79. The van der Waals surface area contributed by atoms with Crippen LogP contribution in [0.15, 0.2) is 48.5 Å². The smallest absolute Gasteiger partial charge is 0.248 e. The van der Waals surface area contributed by atoms with Gasteiger partial charge in [0.05, 0.1) is 6.61 Å². The number of fused-ring (bicyclic) bond motifs is 2. The molecule has 0 aromatic heterocycles. The van der Waals surface area contributed by atoms with Crippen molar-refractivity contribution in [3.63, 3.8) is 0 Å². The predicted octanol–water partition coefficient (Wildman–Crippen LogP) is 5.70. The second-order valence-corrected chi connectivity index (χ2v) is 12.5. The lowest BCUT2D eigenvalue weighted by Gasteiger charge is -2.60. The van der Waals surface area contributed by atoms with Gasteiger partial charge in [-0.3, -0.25) is 9.59 Å². The molecule has 1 N–H and O–H groups in total. The third-order valence-electron chi connectivity index (χ3n) is 9.57. The van der Waals surface area contributed by atoms with Gasteiger partial charge in [0.15, 0.2) is 29.3 Å². The Labute approximate surface area is 249 Å². The summed E-state index contributed by atoms with van der Waals surface area (Å²) in [5.74, 6) is -2.59. The summed E-state index contributed by atoms with van der Waals surface area (Å²) in [5, 5.41) is 2.99. The molecule has 2 aromatic rings. The Morgan fingerprint density at radius 1 is 1.02 bits per heavy atom. The van der Waals surface area contributed by atoms with Crippen LogP contribution in [0.3, 0.4) is 0 Å². The molecule has 1 spiro atoms. The minimum absolute atomic E-state index is 0.0222. The van der Waals surface area contributed by atoms with Crippen LogP contribution in [0.1, 0.15) is 67.9 Å². The van der Waals surface area contributed by atoms with Crippen molar-refractivity contribution < 1.29 is 42.4 Å². The molecule has 2 aromatic carbocycles. The fraction of sp³-hybridized carbons (Fsp3) is 0.515. The minimum Gasteiger partial charge on any atom is -0.367 e. The first kappa shape index (κ1) is 30.0.